The van der Waals surface area contributed by atoms with Crippen LogP contribution in [0.2, 0.25) is 0 Å². The van der Waals surface area contributed by atoms with Crippen molar-refractivity contribution in [1.29, 1.82) is 0 Å². The molecule has 0 aliphatic carbocycles. The van der Waals surface area contributed by atoms with Gasteiger partial charge in [-0.2, -0.15) is 0 Å². The topological polar surface area (TPSA) is 29.3 Å². The molecule has 0 spiro atoms. The number of nitrogens with two attached hydrogens (primary N) is 1. The first-order chi connectivity index (χ1) is 7.84. The van der Waals surface area contributed by atoms with Gasteiger partial charge in [-0.25, -0.2) is 4.39 Å². The number of nitrogens with zero attached hydrogens (tertiary/aromatic N) is 1. The predicted octanol–water partition coefficient (Wildman–Crippen LogP) is 2.55. The molecule has 1 rings (SSSR count). The van der Waals surface area contributed by atoms with Crippen LogP contribution in [-0.2, 0) is 6.54 Å². The average Bonchev–Trinajstić information content (AvgIpc) is 2.23. The zero-order valence-corrected chi connectivity index (χ0v) is 11.3. The van der Waals surface area contributed by atoms with Crippen LogP contribution in [0.5, 0.6) is 0 Å². The zero-order valence-electron chi connectivity index (χ0n) is 11.3. The Morgan fingerprint density at radius 2 is 2.00 bits per heavy atom. The zero-order chi connectivity index (χ0) is 13.1. The molecular formula is C14H23FN2. The first-order valence-electron chi connectivity index (χ1n) is 5.98. The quantitative estimate of drug-likeness (QED) is 0.854. The number of hydrogen-bond acceptors (Lipinski definition) is 2. The second kappa shape index (κ2) is 5.61. The van der Waals surface area contributed by atoms with Crippen molar-refractivity contribution in [2.24, 2.45) is 11.1 Å². The van der Waals surface area contributed by atoms with E-state index in [1.165, 1.54) is 6.07 Å². The highest BCUT2D eigenvalue weighted by atomic mass is 19.1. The Hall–Kier alpha value is -0.930. The molecule has 0 fully saturated rings. The number of hydrogen-bond donors (Lipinski definition) is 1. The fourth-order valence-electron chi connectivity index (χ4n) is 1.97. The summed E-state index contributed by atoms with van der Waals surface area (Å²) < 4.78 is 13.6. The van der Waals surface area contributed by atoms with E-state index in [9.17, 15) is 4.39 Å². The van der Waals surface area contributed by atoms with Crippen LogP contribution >= 0.6 is 0 Å². The molecule has 96 valence electrons. The van der Waals surface area contributed by atoms with Gasteiger partial charge >= 0.3 is 0 Å². The lowest BCUT2D eigenvalue weighted by molar-refractivity contribution is 0.208. The van der Waals surface area contributed by atoms with Gasteiger partial charge in [0.05, 0.1) is 0 Å². The highest BCUT2D eigenvalue weighted by molar-refractivity contribution is 5.23. The number of aryl methyl sites for hydroxylation is 1. The van der Waals surface area contributed by atoms with E-state index in [1.807, 2.05) is 20.0 Å². The molecule has 1 aromatic rings. The standard InChI is InChI=1S/C14H23FN2/c1-11-5-6-13(15)12(7-11)8-17(4)10-14(2,3)9-16/h5-7H,8-10,16H2,1-4H3. The fraction of sp³-hybridized carbons (Fsp3) is 0.571. The summed E-state index contributed by atoms with van der Waals surface area (Å²) in [7, 11) is 2.00. The number of rotatable bonds is 5. The van der Waals surface area contributed by atoms with Crippen molar-refractivity contribution in [3.05, 3.63) is 35.1 Å². The van der Waals surface area contributed by atoms with E-state index in [2.05, 4.69) is 18.7 Å². The fourth-order valence-corrected chi connectivity index (χ4v) is 1.97. The van der Waals surface area contributed by atoms with Crippen molar-refractivity contribution < 1.29 is 4.39 Å². The van der Waals surface area contributed by atoms with Crippen LogP contribution in [0.1, 0.15) is 25.0 Å². The molecule has 0 saturated carbocycles. The molecule has 3 heteroatoms. The Bertz CT molecular complexity index is 374. The lowest BCUT2D eigenvalue weighted by atomic mass is 9.93. The van der Waals surface area contributed by atoms with E-state index < -0.39 is 0 Å². The molecule has 0 saturated heterocycles. The molecule has 2 nitrogen and oxygen atoms in total. The van der Waals surface area contributed by atoms with Gasteiger partial charge in [0.1, 0.15) is 5.82 Å². The molecule has 0 aromatic heterocycles. The van der Waals surface area contributed by atoms with Crippen LogP contribution in [0.4, 0.5) is 4.39 Å². The summed E-state index contributed by atoms with van der Waals surface area (Å²) in [6.45, 7) is 8.33. The second-order valence-electron chi connectivity index (χ2n) is 5.64. The van der Waals surface area contributed by atoms with E-state index in [-0.39, 0.29) is 11.2 Å². The minimum atomic E-state index is -0.131. The van der Waals surface area contributed by atoms with Crippen molar-refractivity contribution in [3.63, 3.8) is 0 Å². The number of benzene rings is 1. The Labute approximate surface area is 104 Å². The third kappa shape index (κ3) is 4.44. The lowest BCUT2D eigenvalue weighted by Crippen LogP contribution is -2.36. The summed E-state index contributed by atoms with van der Waals surface area (Å²) in [5.74, 6) is -0.131. The van der Waals surface area contributed by atoms with E-state index in [0.29, 0.717) is 13.1 Å². The van der Waals surface area contributed by atoms with E-state index in [4.69, 9.17) is 5.73 Å². The Morgan fingerprint density at radius 3 is 2.59 bits per heavy atom. The number of halogens is 1. The van der Waals surface area contributed by atoms with Crippen molar-refractivity contribution in [2.75, 3.05) is 20.1 Å². The van der Waals surface area contributed by atoms with Crippen molar-refractivity contribution in [2.45, 2.75) is 27.3 Å². The van der Waals surface area contributed by atoms with E-state index in [0.717, 1.165) is 17.7 Å². The van der Waals surface area contributed by atoms with Crippen LogP contribution in [0.15, 0.2) is 18.2 Å². The maximum Gasteiger partial charge on any atom is 0.127 e. The SMILES string of the molecule is Cc1ccc(F)c(CN(C)CC(C)(C)CN)c1. The molecule has 0 amide bonds. The maximum absolute atomic E-state index is 13.6. The van der Waals surface area contributed by atoms with Gasteiger partial charge in [0, 0.05) is 18.7 Å². The first kappa shape index (κ1) is 14.1. The molecule has 0 atom stereocenters. The highest BCUT2D eigenvalue weighted by Gasteiger charge is 2.18. The third-order valence-corrected chi connectivity index (χ3v) is 2.89. The van der Waals surface area contributed by atoms with Gasteiger partial charge in [-0.15, -0.1) is 0 Å². The van der Waals surface area contributed by atoms with Gasteiger partial charge in [-0.1, -0.05) is 31.5 Å². The molecule has 0 aliphatic heterocycles. The monoisotopic (exact) mass is 238 g/mol. The van der Waals surface area contributed by atoms with Crippen molar-refractivity contribution in [1.82, 2.24) is 4.90 Å². The first-order valence-corrected chi connectivity index (χ1v) is 5.98. The van der Waals surface area contributed by atoms with Gasteiger partial charge in [0.15, 0.2) is 0 Å². The van der Waals surface area contributed by atoms with E-state index >= 15 is 0 Å². The Morgan fingerprint density at radius 1 is 1.35 bits per heavy atom. The van der Waals surface area contributed by atoms with Crippen molar-refractivity contribution in [3.8, 4) is 0 Å². The predicted molar refractivity (Wildman–Crippen MR) is 70.3 cm³/mol. The Kier molecular flexibility index (Phi) is 4.66. The normalized spacial score (nSPS) is 12.2. The van der Waals surface area contributed by atoms with Crippen LogP contribution in [-0.4, -0.2) is 25.0 Å². The van der Waals surface area contributed by atoms with Gasteiger partial charge in [0.25, 0.3) is 0 Å². The van der Waals surface area contributed by atoms with Crippen molar-refractivity contribution >= 4 is 0 Å². The molecule has 0 unspecified atom stereocenters. The molecule has 0 heterocycles. The van der Waals surface area contributed by atoms with Gasteiger partial charge in [0.2, 0.25) is 0 Å². The second-order valence-corrected chi connectivity index (χ2v) is 5.64. The summed E-state index contributed by atoms with van der Waals surface area (Å²) >= 11 is 0. The van der Waals surface area contributed by atoms with Crippen LogP contribution in [0, 0.1) is 18.2 Å². The summed E-state index contributed by atoms with van der Waals surface area (Å²) in [5, 5.41) is 0. The minimum Gasteiger partial charge on any atom is -0.330 e. The summed E-state index contributed by atoms with van der Waals surface area (Å²) in [5.41, 5.74) is 7.61. The smallest absolute Gasteiger partial charge is 0.127 e. The van der Waals surface area contributed by atoms with Crippen LogP contribution in [0.25, 0.3) is 0 Å². The summed E-state index contributed by atoms with van der Waals surface area (Å²) in [6, 6.07) is 5.23. The van der Waals surface area contributed by atoms with Crippen LogP contribution < -0.4 is 5.73 Å². The summed E-state index contributed by atoms with van der Waals surface area (Å²) in [4.78, 5) is 2.12. The molecule has 1 aromatic carbocycles. The van der Waals surface area contributed by atoms with Gasteiger partial charge in [-0.3, -0.25) is 0 Å². The lowest BCUT2D eigenvalue weighted by Gasteiger charge is -2.29. The average molecular weight is 238 g/mol. The molecule has 0 radical (unpaired) electrons. The molecular weight excluding hydrogens is 215 g/mol. The summed E-state index contributed by atoms with van der Waals surface area (Å²) in [6.07, 6.45) is 0. The van der Waals surface area contributed by atoms with Gasteiger partial charge in [-0.05, 0) is 32.0 Å². The van der Waals surface area contributed by atoms with Crippen LogP contribution in [0.3, 0.4) is 0 Å². The molecule has 0 aliphatic rings. The maximum atomic E-state index is 13.6. The minimum absolute atomic E-state index is 0.0645. The Balaban J connectivity index is 2.68. The van der Waals surface area contributed by atoms with E-state index in [1.54, 1.807) is 6.07 Å². The highest BCUT2D eigenvalue weighted by Crippen LogP contribution is 2.17. The van der Waals surface area contributed by atoms with Gasteiger partial charge < -0.3 is 10.6 Å². The molecule has 0 bridgehead atoms. The largest absolute Gasteiger partial charge is 0.330 e. The third-order valence-electron chi connectivity index (χ3n) is 2.89. The molecule has 2 N–H and O–H groups in total. The molecule has 17 heavy (non-hydrogen) atoms.